The van der Waals surface area contributed by atoms with Gasteiger partial charge in [-0.05, 0) is 22.9 Å². The van der Waals surface area contributed by atoms with Gasteiger partial charge in [-0.25, -0.2) is 0 Å². The molecule has 2 aromatic carbocycles. The van der Waals surface area contributed by atoms with Crippen LogP contribution in [0.15, 0.2) is 42.5 Å². The fourth-order valence-electron chi connectivity index (χ4n) is 3.10. The monoisotopic (exact) mass is 287 g/mol. The topological polar surface area (TPSA) is 3.24 Å². The first-order chi connectivity index (χ1) is 8.69. The number of fused-ring (bicyclic) bond motifs is 1. The minimum atomic E-state index is -1.36. The third-order valence-electron chi connectivity index (χ3n) is 3.33. The summed E-state index contributed by atoms with van der Waals surface area (Å²) < 4.78 is 2.77. The Labute approximate surface area is 119 Å². The zero-order valence-electron chi connectivity index (χ0n) is 13.0. The lowest BCUT2D eigenvalue weighted by Crippen LogP contribution is -2.59. The van der Waals surface area contributed by atoms with Gasteiger partial charge in [0.25, 0.3) is 0 Å². The van der Waals surface area contributed by atoms with E-state index in [4.69, 9.17) is 0 Å². The van der Waals surface area contributed by atoms with Crippen molar-refractivity contribution in [3.8, 4) is 0 Å². The molecule has 0 radical (unpaired) electrons. The molecule has 19 heavy (non-hydrogen) atoms. The fraction of sp³-hybridized carbons (Fsp3) is 0.375. The zero-order valence-corrected chi connectivity index (χ0v) is 15.0. The molecule has 2 rings (SSSR count). The van der Waals surface area contributed by atoms with E-state index >= 15 is 0 Å². The molecule has 1 nitrogen and oxygen atoms in total. The van der Waals surface area contributed by atoms with E-state index in [0.717, 1.165) is 0 Å². The number of anilines is 1. The Morgan fingerprint density at radius 3 is 1.74 bits per heavy atom. The molecule has 0 amide bonds. The fourth-order valence-corrected chi connectivity index (χ4v) is 13.0. The van der Waals surface area contributed by atoms with E-state index in [1.165, 1.54) is 16.5 Å². The van der Waals surface area contributed by atoms with E-state index in [2.05, 4.69) is 86.0 Å². The largest absolute Gasteiger partial charge is 0.425 e. The standard InChI is InChI=1S/C16H25NSi2/c1-18(2,3)17(19(4,5)6)16-12-11-14-9-7-8-10-15(14)13-16/h7-13H,1-6H3. The summed E-state index contributed by atoms with van der Waals surface area (Å²) in [6.07, 6.45) is 0. The lowest BCUT2D eigenvalue weighted by atomic mass is 10.1. The van der Waals surface area contributed by atoms with E-state index in [0.29, 0.717) is 0 Å². The molecule has 2 aromatic rings. The summed E-state index contributed by atoms with van der Waals surface area (Å²) in [5.41, 5.74) is 1.41. The summed E-state index contributed by atoms with van der Waals surface area (Å²) in [6.45, 7) is 14.7. The average molecular weight is 288 g/mol. The van der Waals surface area contributed by atoms with Crippen LogP contribution in [0.2, 0.25) is 39.3 Å². The van der Waals surface area contributed by atoms with Crippen LogP contribution in [0, 0.1) is 0 Å². The number of rotatable bonds is 3. The van der Waals surface area contributed by atoms with Gasteiger partial charge in [-0.3, -0.25) is 0 Å². The average Bonchev–Trinajstić information content (AvgIpc) is 2.25. The molecule has 0 spiro atoms. The predicted molar refractivity (Wildman–Crippen MR) is 93.1 cm³/mol. The summed E-state index contributed by atoms with van der Waals surface area (Å²) in [7, 11) is -2.71. The van der Waals surface area contributed by atoms with Crippen molar-refractivity contribution in [3.63, 3.8) is 0 Å². The van der Waals surface area contributed by atoms with Gasteiger partial charge >= 0.3 is 0 Å². The normalized spacial score (nSPS) is 12.7. The van der Waals surface area contributed by atoms with Crippen LogP contribution in [0.4, 0.5) is 5.69 Å². The second-order valence-corrected chi connectivity index (χ2v) is 17.2. The van der Waals surface area contributed by atoms with Crippen LogP contribution in [0.5, 0.6) is 0 Å². The Hall–Kier alpha value is -1.07. The number of benzene rings is 2. The lowest BCUT2D eigenvalue weighted by Gasteiger charge is -2.46. The highest BCUT2D eigenvalue weighted by Gasteiger charge is 2.34. The maximum Gasteiger partial charge on any atom is 0.138 e. The SMILES string of the molecule is C[Si](C)(C)N(c1ccc2ccccc2c1)[Si](C)(C)C. The molecule has 0 unspecified atom stereocenters. The third-order valence-corrected chi connectivity index (χ3v) is 10.6. The van der Waals surface area contributed by atoms with Crippen LogP contribution in [-0.4, -0.2) is 16.5 Å². The van der Waals surface area contributed by atoms with Crippen molar-refractivity contribution in [2.24, 2.45) is 0 Å². The molecule has 0 aliphatic carbocycles. The van der Waals surface area contributed by atoms with Gasteiger partial charge in [-0.1, -0.05) is 69.6 Å². The van der Waals surface area contributed by atoms with Crippen LogP contribution in [0.3, 0.4) is 0 Å². The highest BCUT2D eigenvalue weighted by molar-refractivity contribution is 6.99. The second kappa shape index (κ2) is 4.80. The first-order valence-electron chi connectivity index (χ1n) is 6.99. The van der Waals surface area contributed by atoms with Crippen molar-refractivity contribution in [3.05, 3.63) is 42.5 Å². The molecule has 0 heterocycles. The Kier molecular flexibility index (Phi) is 3.62. The third kappa shape index (κ3) is 3.09. The smallest absolute Gasteiger partial charge is 0.138 e. The Balaban J connectivity index is 2.57. The molecule has 0 N–H and O–H groups in total. The van der Waals surface area contributed by atoms with Crippen molar-refractivity contribution < 1.29 is 0 Å². The molecule has 102 valence electrons. The van der Waals surface area contributed by atoms with Crippen LogP contribution >= 0.6 is 0 Å². The minimum absolute atomic E-state index is 1.33. The maximum atomic E-state index is 2.77. The van der Waals surface area contributed by atoms with E-state index < -0.39 is 16.5 Å². The van der Waals surface area contributed by atoms with Crippen molar-refractivity contribution in [2.45, 2.75) is 39.3 Å². The van der Waals surface area contributed by atoms with Crippen molar-refractivity contribution in [1.29, 1.82) is 0 Å². The van der Waals surface area contributed by atoms with Crippen LogP contribution in [-0.2, 0) is 0 Å². The molecule has 0 fully saturated rings. The van der Waals surface area contributed by atoms with E-state index in [-0.39, 0.29) is 0 Å². The van der Waals surface area contributed by atoms with Crippen LogP contribution in [0.25, 0.3) is 10.8 Å². The van der Waals surface area contributed by atoms with Gasteiger partial charge in [0.1, 0.15) is 16.5 Å². The molecule has 0 bridgehead atoms. The highest BCUT2D eigenvalue weighted by atomic mass is 28.4. The number of hydrogen-bond donors (Lipinski definition) is 0. The highest BCUT2D eigenvalue weighted by Crippen LogP contribution is 2.30. The minimum Gasteiger partial charge on any atom is -0.425 e. The first-order valence-corrected chi connectivity index (χ1v) is 13.9. The number of hydrogen-bond acceptors (Lipinski definition) is 1. The predicted octanol–water partition coefficient (Wildman–Crippen LogP) is 5.32. The summed E-state index contributed by atoms with van der Waals surface area (Å²) in [5.74, 6) is 0. The molecule has 0 saturated carbocycles. The second-order valence-electron chi connectivity index (χ2n) is 7.21. The van der Waals surface area contributed by atoms with Gasteiger partial charge in [0, 0.05) is 5.69 Å². The molecule has 0 atom stereocenters. The molecular formula is C16H25NSi2. The Morgan fingerprint density at radius 2 is 1.21 bits per heavy atom. The van der Waals surface area contributed by atoms with Gasteiger partial charge in [0.15, 0.2) is 0 Å². The van der Waals surface area contributed by atoms with Crippen molar-refractivity contribution >= 4 is 32.9 Å². The lowest BCUT2D eigenvalue weighted by molar-refractivity contribution is 1.36. The Bertz CT molecular complexity index is 565. The maximum absolute atomic E-state index is 2.77. The zero-order chi connectivity index (χ0) is 14.3. The quantitative estimate of drug-likeness (QED) is 0.691. The molecule has 0 aliphatic heterocycles. The molecule has 3 heteroatoms. The van der Waals surface area contributed by atoms with E-state index in [1.54, 1.807) is 0 Å². The molecular weight excluding hydrogens is 262 g/mol. The van der Waals surface area contributed by atoms with Gasteiger partial charge in [0.2, 0.25) is 0 Å². The van der Waals surface area contributed by atoms with Gasteiger partial charge < -0.3 is 4.23 Å². The van der Waals surface area contributed by atoms with Crippen molar-refractivity contribution in [1.82, 2.24) is 0 Å². The van der Waals surface area contributed by atoms with E-state index in [1.807, 2.05) is 0 Å². The van der Waals surface area contributed by atoms with Gasteiger partial charge in [-0.2, -0.15) is 0 Å². The summed E-state index contributed by atoms with van der Waals surface area (Å²) in [5, 5.41) is 2.68. The first kappa shape index (κ1) is 14.3. The summed E-state index contributed by atoms with van der Waals surface area (Å²) >= 11 is 0. The molecule has 0 saturated heterocycles. The van der Waals surface area contributed by atoms with Gasteiger partial charge in [-0.15, -0.1) is 0 Å². The van der Waals surface area contributed by atoms with Crippen LogP contribution < -0.4 is 4.23 Å². The molecule has 0 aliphatic rings. The van der Waals surface area contributed by atoms with Crippen molar-refractivity contribution in [2.75, 3.05) is 4.23 Å². The van der Waals surface area contributed by atoms with E-state index in [9.17, 15) is 0 Å². The van der Waals surface area contributed by atoms with Gasteiger partial charge in [0.05, 0.1) is 0 Å². The summed E-state index contributed by atoms with van der Waals surface area (Å²) in [6, 6.07) is 15.6. The molecule has 0 aromatic heterocycles. The summed E-state index contributed by atoms with van der Waals surface area (Å²) in [4.78, 5) is 0. The Morgan fingerprint density at radius 1 is 0.684 bits per heavy atom. The number of nitrogens with zero attached hydrogens (tertiary/aromatic N) is 1. The van der Waals surface area contributed by atoms with Crippen LogP contribution in [0.1, 0.15) is 0 Å².